The molecule has 0 saturated carbocycles. The number of ether oxygens (including phenoxy) is 1. The molecule has 5 nitrogen and oxygen atoms in total. The van der Waals surface area contributed by atoms with Crippen molar-refractivity contribution in [2.75, 3.05) is 6.61 Å². The molecule has 0 radical (unpaired) electrons. The molecule has 0 spiro atoms. The maximum Gasteiger partial charge on any atom is 0.272 e. The van der Waals surface area contributed by atoms with Crippen LogP contribution in [0.15, 0.2) is 53.9 Å². The zero-order valence-electron chi connectivity index (χ0n) is 13.2. The van der Waals surface area contributed by atoms with Crippen LogP contribution < -0.4 is 10.2 Å². The van der Waals surface area contributed by atoms with Crippen LogP contribution >= 0.6 is 0 Å². The van der Waals surface area contributed by atoms with E-state index in [1.807, 2.05) is 24.3 Å². The highest BCUT2D eigenvalue weighted by atomic mass is 16.5. The fraction of sp³-hybridized carbons (Fsp3) is 0.278. The first-order valence-corrected chi connectivity index (χ1v) is 7.76. The van der Waals surface area contributed by atoms with Gasteiger partial charge >= 0.3 is 0 Å². The van der Waals surface area contributed by atoms with Crippen LogP contribution in [-0.4, -0.2) is 23.7 Å². The van der Waals surface area contributed by atoms with Crippen molar-refractivity contribution in [1.29, 1.82) is 0 Å². The Kier molecular flexibility index (Phi) is 6.78. The SMILES string of the molecule is CCCCCOc1cccc(/C=N/NC(=O)c2cccnc2)c1. The molecule has 0 fully saturated rings. The molecule has 1 aromatic carbocycles. The minimum Gasteiger partial charge on any atom is -0.494 e. The number of hydrogen-bond acceptors (Lipinski definition) is 4. The zero-order chi connectivity index (χ0) is 16.3. The van der Waals surface area contributed by atoms with E-state index in [1.165, 1.54) is 19.0 Å². The first-order valence-electron chi connectivity index (χ1n) is 7.76. The quantitative estimate of drug-likeness (QED) is 0.461. The van der Waals surface area contributed by atoms with Crippen LogP contribution in [0.3, 0.4) is 0 Å². The molecular formula is C18H21N3O2. The number of amides is 1. The van der Waals surface area contributed by atoms with Crippen molar-refractivity contribution >= 4 is 12.1 Å². The van der Waals surface area contributed by atoms with Gasteiger partial charge in [-0.1, -0.05) is 31.9 Å². The van der Waals surface area contributed by atoms with Crippen LogP contribution in [-0.2, 0) is 0 Å². The zero-order valence-corrected chi connectivity index (χ0v) is 13.2. The van der Waals surface area contributed by atoms with Gasteiger partial charge in [-0.05, 0) is 36.2 Å². The fourth-order valence-electron chi connectivity index (χ4n) is 1.95. The second-order valence-electron chi connectivity index (χ2n) is 5.07. The highest BCUT2D eigenvalue weighted by molar-refractivity contribution is 5.94. The van der Waals surface area contributed by atoms with E-state index >= 15 is 0 Å². The lowest BCUT2D eigenvalue weighted by Crippen LogP contribution is -2.17. The van der Waals surface area contributed by atoms with Crippen molar-refractivity contribution in [2.24, 2.45) is 5.10 Å². The number of hydrazone groups is 1. The van der Waals surface area contributed by atoms with Gasteiger partial charge in [0.25, 0.3) is 5.91 Å². The molecule has 0 aliphatic heterocycles. The Morgan fingerprint density at radius 1 is 1.30 bits per heavy atom. The number of hydrogen-bond donors (Lipinski definition) is 1. The van der Waals surface area contributed by atoms with Gasteiger partial charge in [0.1, 0.15) is 5.75 Å². The van der Waals surface area contributed by atoms with Crippen LogP contribution in [0.5, 0.6) is 5.75 Å². The number of carbonyl (C=O) groups is 1. The summed E-state index contributed by atoms with van der Waals surface area (Å²) in [6.07, 6.45) is 8.10. The van der Waals surface area contributed by atoms with Crippen molar-refractivity contribution in [3.05, 3.63) is 59.9 Å². The Morgan fingerprint density at radius 2 is 2.22 bits per heavy atom. The summed E-state index contributed by atoms with van der Waals surface area (Å²) in [6.45, 7) is 2.88. The van der Waals surface area contributed by atoms with Gasteiger partial charge in [0.05, 0.1) is 18.4 Å². The molecule has 0 bridgehead atoms. The third-order valence-electron chi connectivity index (χ3n) is 3.18. The van der Waals surface area contributed by atoms with Crippen molar-refractivity contribution < 1.29 is 9.53 Å². The molecular weight excluding hydrogens is 290 g/mol. The van der Waals surface area contributed by atoms with Crippen LogP contribution in [0.1, 0.15) is 42.1 Å². The molecule has 1 amide bonds. The minimum atomic E-state index is -0.290. The number of rotatable bonds is 8. The number of pyridine rings is 1. The second-order valence-corrected chi connectivity index (χ2v) is 5.07. The largest absolute Gasteiger partial charge is 0.494 e. The Morgan fingerprint density at radius 3 is 3.00 bits per heavy atom. The number of benzene rings is 1. The van der Waals surface area contributed by atoms with E-state index in [2.05, 4.69) is 22.4 Å². The molecule has 1 N–H and O–H groups in total. The van der Waals surface area contributed by atoms with Gasteiger partial charge in [-0.3, -0.25) is 9.78 Å². The molecule has 120 valence electrons. The number of unbranched alkanes of at least 4 members (excludes halogenated alkanes) is 2. The van der Waals surface area contributed by atoms with E-state index in [0.717, 1.165) is 17.7 Å². The minimum absolute atomic E-state index is 0.290. The van der Waals surface area contributed by atoms with Gasteiger partial charge < -0.3 is 4.74 Å². The molecule has 0 atom stereocenters. The molecule has 0 aliphatic carbocycles. The van der Waals surface area contributed by atoms with E-state index in [-0.39, 0.29) is 5.91 Å². The van der Waals surface area contributed by atoms with Gasteiger partial charge in [-0.15, -0.1) is 0 Å². The molecule has 23 heavy (non-hydrogen) atoms. The third-order valence-corrected chi connectivity index (χ3v) is 3.18. The average molecular weight is 311 g/mol. The van der Waals surface area contributed by atoms with Crippen molar-refractivity contribution in [3.63, 3.8) is 0 Å². The maximum atomic E-state index is 11.8. The molecule has 0 aliphatic rings. The summed E-state index contributed by atoms with van der Waals surface area (Å²) >= 11 is 0. The molecule has 5 heteroatoms. The molecule has 2 rings (SSSR count). The first kappa shape index (κ1) is 16.7. The second kappa shape index (κ2) is 9.35. The third kappa shape index (κ3) is 5.90. The van der Waals surface area contributed by atoms with Crippen LogP contribution in [0, 0.1) is 0 Å². The highest BCUT2D eigenvalue weighted by Gasteiger charge is 2.02. The van der Waals surface area contributed by atoms with Crippen molar-refractivity contribution in [1.82, 2.24) is 10.4 Å². The van der Waals surface area contributed by atoms with Crippen LogP contribution in [0.25, 0.3) is 0 Å². The lowest BCUT2D eigenvalue weighted by Gasteiger charge is -2.06. The van der Waals surface area contributed by atoms with Crippen LogP contribution in [0.2, 0.25) is 0 Å². The topological polar surface area (TPSA) is 63.6 Å². The lowest BCUT2D eigenvalue weighted by atomic mass is 10.2. The van der Waals surface area contributed by atoms with Crippen LogP contribution in [0.4, 0.5) is 0 Å². The van der Waals surface area contributed by atoms with Gasteiger partial charge in [0, 0.05) is 12.4 Å². The lowest BCUT2D eigenvalue weighted by molar-refractivity contribution is 0.0955. The Bertz CT molecular complexity index is 642. The smallest absolute Gasteiger partial charge is 0.272 e. The van der Waals surface area contributed by atoms with Crippen molar-refractivity contribution in [2.45, 2.75) is 26.2 Å². The van der Waals surface area contributed by atoms with Gasteiger partial charge in [0.15, 0.2) is 0 Å². The van der Waals surface area contributed by atoms with Gasteiger partial charge in [-0.25, -0.2) is 5.43 Å². The Labute approximate surface area is 136 Å². The van der Waals surface area contributed by atoms with E-state index in [9.17, 15) is 4.79 Å². The van der Waals surface area contributed by atoms with E-state index in [1.54, 1.807) is 24.5 Å². The summed E-state index contributed by atoms with van der Waals surface area (Å²) in [5.41, 5.74) is 3.81. The monoisotopic (exact) mass is 311 g/mol. The highest BCUT2D eigenvalue weighted by Crippen LogP contribution is 2.12. The number of nitrogens with zero attached hydrogens (tertiary/aromatic N) is 2. The predicted octanol–water partition coefficient (Wildman–Crippen LogP) is 3.41. The summed E-state index contributed by atoms with van der Waals surface area (Å²) in [7, 11) is 0. The summed E-state index contributed by atoms with van der Waals surface area (Å²) in [6, 6.07) is 11.0. The maximum absolute atomic E-state index is 11.8. The summed E-state index contributed by atoms with van der Waals surface area (Å²) in [4.78, 5) is 15.7. The molecule has 1 aromatic heterocycles. The summed E-state index contributed by atoms with van der Waals surface area (Å²) < 4.78 is 5.69. The van der Waals surface area contributed by atoms with E-state index in [0.29, 0.717) is 12.2 Å². The Balaban J connectivity index is 1.86. The van der Waals surface area contributed by atoms with E-state index < -0.39 is 0 Å². The summed E-state index contributed by atoms with van der Waals surface area (Å²) in [5.74, 6) is 0.518. The number of carbonyl (C=O) groups excluding carboxylic acids is 1. The number of aromatic nitrogens is 1. The normalized spacial score (nSPS) is 10.7. The number of nitrogens with one attached hydrogen (secondary N) is 1. The average Bonchev–Trinajstić information content (AvgIpc) is 2.60. The Hall–Kier alpha value is -2.69. The molecule has 0 unspecified atom stereocenters. The van der Waals surface area contributed by atoms with Gasteiger partial charge in [0.2, 0.25) is 0 Å². The molecule has 0 saturated heterocycles. The first-order chi connectivity index (χ1) is 11.3. The van der Waals surface area contributed by atoms with Crippen molar-refractivity contribution in [3.8, 4) is 5.75 Å². The van der Waals surface area contributed by atoms with Gasteiger partial charge in [-0.2, -0.15) is 5.10 Å². The molecule has 1 heterocycles. The van der Waals surface area contributed by atoms with E-state index in [4.69, 9.17) is 4.74 Å². The summed E-state index contributed by atoms with van der Waals surface area (Å²) in [5, 5.41) is 3.96. The predicted molar refractivity (Wildman–Crippen MR) is 90.8 cm³/mol. The fourth-order valence-corrected chi connectivity index (χ4v) is 1.95. The molecule has 2 aromatic rings. The standard InChI is InChI=1S/C18H21N3O2/c1-2-3-4-11-23-17-9-5-7-15(12-17)13-20-21-18(22)16-8-6-10-19-14-16/h5-10,12-14H,2-4,11H2,1H3,(H,21,22)/b20-13+.